The monoisotopic (exact) mass is 210 g/mol. The van der Waals surface area contributed by atoms with Crippen LogP contribution < -0.4 is 10.6 Å². The first-order valence-electron chi connectivity index (χ1n) is 5.53. The molecule has 0 spiro atoms. The molecule has 0 radical (unpaired) electrons. The van der Waals surface area contributed by atoms with Gasteiger partial charge in [-0.1, -0.05) is 26.2 Å². The van der Waals surface area contributed by atoms with Crippen LogP contribution in [0.3, 0.4) is 0 Å². The Balaban J connectivity index is 3.62. The lowest BCUT2D eigenvalue weighted by atomic mass is 10.0. The summed E-state index contributed by atoms with van der Waals surface area (Å²) >= 11 is 0. The fourth-order valence-electron chi connectivity index (χ4n) is 1.40. The summed E-state index contributed by atoms with van der Waals surface area (Å²) in [5.74, 6) is 3.09. The van der Waals surface area contributed by atoms with Gasteiger partial charge in [0.15, 0.2) is 0 Å². The zero-order chi connectivity index (χ0) is 11.7. The summed E-state index contributed by atoms with van der Waals surface area (Å²) in [6.07, 6.45) is 7.23. The van der Waals surface area contributed by atoms with Gasteiger partial charge in [0.05, 0.1) is 13.1 Å². The van der Waals surface area contributed by atoms with Crippen molar-refractivity contribution in [3.05, 3.63) is 0 Å². The van der Waals surface area contributed by atoms with Gasteiger partial charge in [-0.05, 0) is 19.3 Å². The molecule has 2 unspecified atom stereocenters. The van der Waals surface area contributed by atoms with Gasteiger partial charge in [-0.2, -0.15) is 0 Å². The number of amides is 1. The highest BCUT2D eigenvalue weighted by Gasteiger charge is 2.09. The number of rotatable bonds is 7. The van der Waals surface area contributed by atoms with Crippen LogP contribution in [0.15, 0.2) is 0 Å². The molecule has 0 aliphatic rings. The van der Waals surface area contributed by atoms with Gasteiger partial charge in [-0.25, -0.2) is 0 Å². The second-order valence-electron chi connectivity index (χ2n) is 4.03. The zero-order valence-electron chi connectivity index (χ0n) is 9.97. The number of terminal acetylenes is 1. The Morgan fingerprint density at radius 2 is 2.13 bits per heavy atom. The van der Waals surface area contributed by atoms with Gasteiger partial charge in [-0.3, -0.25) is 10.1 Å². The Morgan fingerprint density at radius 3 is 2.67 bits per heavy atom. The van der Waals surface area contributed by atoms with E-state index in [4.69, 9.17) is 6.42 Å². The van der Waals surface area contributed by atoms with Crippen LogP contribution in [0.2, 0.25) is 0 Å². The molecule has 1 amide bonds. The third kappa shape index (κ3) is 8.02. The number of nitrogens with one attached hydrogen (secondary N) is 2. The van der Waals surface area contributed by atoms with Crippen molar-refractivity contribution in [2.75, 3.05) is 13.1 Å². The number of carbonyl (C=O) groups is 1. The van der Waals surface area contributed by atoms with Crippen molar-refractivity contribution in [1.82, 2.24) is 10.6 Å². The zero-order valence-corrected chi connectivity index (χ0v) is 9.97. The van der Waals surface area contributed by atoms with Crippen LogP contribution in [0.25, 0.3) is 0 Å². The van der Waals surface area contributed by atoms with Crippen LogP contribution >= 0.6 is 0 Å². The molecule has 0 fully saturated rings. The van der Waals surface area contributed by atoms with Crippen LogP contribution in [-0.4, -0.2) is 25.0 Å². The third-order valence-corrected chi connectivity index (χ3v) is 2.37. The third-order valence-electron chi connectivity index (χ3n) is 2.37. The topological polar surface area (TPSA) is 41.1 Å². The van der Waals surface area contributed by atoms with Crippen molar-refractivity contribution in [2.45, 2.75) is 39.7 Å². The van der Waals surface area contributed by atoms with Gasteiger partial charge in [-0.15, -0.1) is 6.42 Å². The molecule has 0 aromatic rings. The summed E-state index contributed by atoms with van der Waals surface area (Å²) in [6.45, 7) is 7.13. The highest BCUT2D eigenvalue weighted by Crippen LogP contribution is 2.08. The standard InChI is InChI=1S/C12H22N2O/c1-5-7-13-9-12(15)14-11(4)8-10(3)6-2/h1,10-11,13H,6-9H2,2-4H3,(H,14,15). The van der Waals surface area contributed by atoms with Crippen molar-refractivity contribution in [3.63, 3.8) is 0 Å². The van der Waals surface area contributed by atoms with Crippen LogP contribution in [-0.2, 0) is 4.79 Å². The van der Waals surface area contributed by atoms with Crippen molar-refractivity contribution in [2.24, 2.45) is 5.92 Å². The maximum atomic E-state index is 11.4. The van der Waals surface area contributed by atoms with Gasteiger partial charge in [0.25, 0.3) is 0 Å². The summed E-state index contributed by atoms with van der Waals surface area (Å²) in [5, 5.41) is 5.79. The Labute approximate surface area is 93.0 Å². The molecule has 0 aliphatic carbocycles. The molecule has 0 saturated heterocycles. The second-order valence-corrected chi connectivity index (χ2v) is 4.03. The van der Waals surface area contributed by atoms with Crippen molar-refractivity contribution in [1.29, 1.82) is 0 Å². The normalized spacial score (nSPS) is 14.0. The average Bonchev–Trinajstić information content (AvgIpc) is 2.17. The first-order chi connectivity index (χ1) is 7.10. The van der Waals surface area contributed by atoms with Crippen molar-refractivity contribution in [3.8, 4) is 12.3 Å². The Kier molecular flexibility index (Phi) is 7.75. The molecule has 86 valence electrons. The Hall–Kier alpha value is -1.01. The van der Waals surface area contributed by atoms with E-state index in [2.05, 4.69) is 30.4 Å². The molecular weight excluding hydrogens is 188 g/mol. The fraction of sp³-hybridized carbons (Fsp3) is 0.750. The molecule has 3 nitrogen and oxygen atoms in total. The largest absolute Gasteiger partial charge is 0.353 e. The minimum absolute atomic E-state index is 0.0149. The molecule has 0 heterocycles. The first-order valence-corrected chi connectivity index (χ1v) is 5.53. The predicted molar refractivity (Wildman–Crippen MR) is 63.4 cm³/mol. The van der Waals surface area contributed by atoms with Gasteiger partial charge in [0, 0.05) is 6.04 Å². The van der Waals surface area contributed by atoms with Crippen LogP contribution in [0.4, 0.5) is 0 Å². The second kappa shape index (κ2) is 8.31. The quantitative estimate of drug-likeness (QED) is 0.489. The van der Waals surface area contributed by atoms with E-state index in [0.717, 1.165) is 12.8 Å². The SMILES string of the molecule is C#CCNCC(=O)NC(C)CC(C)CC. The lowest BCUT2D eigenvalue weighted by Gasteiger charge is -2.17. The molecule has 2 atom stereocenters. The smallest absolute Gasteiger partial charge is 0.234 e. The molecule has 0 saturated carbocycles. The van der Waals surface area contributed by atoms with Gasteiger partial charge in [0.2, 0.25) is 5.91 Å². The lowest BCUT2D eigenvalue weighted by molar-refractivity contribution is -0.120. The Morgan fingerprint density at radius 1 is 1.47 bits per heavy atom. The summed E-state index contributed by atoms with van der Waals surface area (Å²) in [6, 6.07) is 0.236. The Bertz CT molecular complexity index is 220. The van der Waals surface area contributed by atoms with Crippen LogP contribution in [0.1, 0.15) is 33.6 Å². The number of carbonyl (C=O) groups excluding carboxylic acids is 1. The first kappa shape index (κ1) is 14.0. The fourth-order valence-corrected chi connectivity index (χ4v) is 1.40. The highest BCUT2D eigenvalue weighted by molar-refractivity contribution is 5.78. The van der Waals surface area contributed by atoms with E-state index >= 15 is 0 Å². The number of hydrogen-bond donors (Lipinski definition) is 2. The van der Waals surface area contributed by atoms with E-state index in [1.165, 1.54) is 0 Å². The van der Waals surface area contributed by atoms with Gasteiger partial charge >= 0.3 is 0 Å². The summed E-state index contributed by atoms with van der Waals surface area (Å²) in [4.78, 5) is 11.4. The molecule has 0 aliphatic heterocycles. The minimum atomic E-state index is 0.0149. The van der Waals surface area contributed by atoms with Crippen molar-refractivity contribution >= 4 is 5.91 Å². The molecule has 15 heavy (non-hydrogen) atoms. The predicted octanol–water partition coefficient (Wildman–Crippen LogP) is 1.15. The van der Waals surface area contributed by atoms with E-state index < -0.39 is 0 Å². The summed E-state index contributed by atoms with van der Waals surface area (Å²) < 4.78 is 0. The van der Waals surface area contributed by atoms with E-state index in [9.17, 15) is 4.79 Å². The van der Waals surface area contributed by atoms with E-state index in [0.29, 0.717) is 19.0 Å². The van der Waals surface area contributed by atoms with Gasteiger partial charge < -0.3 is 5.32 Å². The van der Waals surface area contributed by atoms with E-state index in [-0.39, 0.29) is 11.9 Å². The van der Waals surface area contributed by atoms with Crippen LogP contribution in [0.5, 0.6) is 0 Å². The highest BCUT2D eigenvalue weighted by atomic mass is 16.1. The minimum Gasteiger partial charge on any atom is -0.353 e. The van der Waals surface area contributed by atoms with Crippen molar-refractivity contribution < 1.29 is 4.79 Å². The summed E-state index contributed by atoms with van der Waals surface area (Å²) in [7, 11) is 0. The maximum absolute atomic E-state index is 11.4. The molecule has 0 aromatic heterocycles. The lowest BCUT2D eigenvalue weighted by Crippen LogP contribution is -2.39. The summed E-state index contributed by atoms with van der Waals surface area (Å²) in [5.41, 5.74) is 0. The van der Waals surface area contributed by atoms with E-state index in [1.807, 2.05) is 6.92 Å². The molecule has 0 bridgehead atoms. The number of hydrogen-bond acceptors (Lipinski definition) is 2. The molecule has 2 N–H and O–H groups in total. The van der Waals surface area contributed by atoms with Gasteiger partial charge in [0.1, 0.15) is 0 Å². The average molecular weight is 210 g/mol. The molecule has 0 aromatic carbocycles. The molecule has 0 rings (SSSR count). The van der Waals surface area contributed by atoms with Crippen LogP contribution in [0, 0.1) is 18.3 Å². The molecular formula is C12H22N2O. The molecule has 3 heteroatoms. The maximum Gasteiger partial charge on any atom is 0.234 e. The van der Waals surface area contributed by atoms with E-state index in [1.54, 1.807) is 0 Å².